The topological polar surface area (TPSA) is 61.8 Å². The molecule has 1 aromatic carbocycles. The molecule has 0 amide bonds. The van der Waals surface area contributed by atoms with E-state index in [2.05, 4.69) is 37.9 Å². The molecule has 0 spiro atoms. The van der Waals surface area contributed by atoms with Crippen molar-refractivity contribution in [3.8, 4) is 0 Å². The summed E-state index contributed by atoms with van der Waals surface area (Å²) in [7, 11) is 0. The van der Waals surface area contributed by atoms with E-state index >= 15 is 0 Å². The highest BCUT2D eigenvalue weighted by Crippen LogP contribution is 2.35. The maximum atomic E-state index is 5.75. The lowest BCUT2D eigenvalue weighted by molar-refractivity contribution is 0.156. The highest BCUT2D eigenvalue weighted by atomic mass is 16.3. The van der Waals surface area contributed by atoms with Crippen LogP contribution in [0.2, 0.25) is 0 Å². The SMILES string of the molecule is c1coc([C@@H]2NC3=NCN(C4CCCCC4)CN3c3nc4ccccc4n32)c1. The standard InChI is InChI=1S/C21H24N6O/c1-2-7-15(8-3-1)25-13-22-20-24-19(18-11-6-12-28-18)27-17-10-5-4-9-16(17)23-21(27)26(20)14-25/h4-6,9-12,15,19H,1-3,7-8,13-14H2,(H,22,24)/t19-/m1/s1. The third kappa shape index (κ3) is 2.46. The molecule has 3 aliphatic rings. The Morgan fingerprint density at radius 1 is 1.04 bits per heavy atom. The molecule has 1 N–H and O–H groups in total. The molecule has 0 unspecified atom stereocenters. The Morgan fingerprint density at radius 2 is 1.93 bits per heavy atom. The van der Waals surface area contributed by atoms with Gasteiger partial charge in [0.1, 0.15) is 5.76 Å². The minimum Gasteiger partial charge on any atom is -0.465 e. The molecule has 3 aromatic rings. The number of guanidine groups is 1. The number of nitrogens with zero attached hydrogens (tertiary/aromatic N) is 5. The third-order valence-corrected chi connectivity index (χ3v) is 6.23. The van der Waals surface area contributed by atoms with Crippen molar-refractivity contribution in [2.45, 2.75) is 44.3 Å². The molecule has 1 aliphatic carbocycles. The van der Waals surface area contributed by atoms with Crippen LogP contribution in [0.5, 0.6) is 0 Å². The van der Waals surface area contributed by atoms with Gasteiger partial charge in [-0.15, -0.1) is 0 Å². The van der Waals surface area contributed by atoms with Crippen LogP contribution in [0.4, 0.5) is 5.95 Å². The Kier molecular flexibility index (Phi) is 3.68. The van der Waals surface area contributed by atoms with Gasteiger partial charge < -0.3 is 9.73 Å². The highest BCUT2D eigenvalue weighted by molar-refractivity contribution is 5.98. The highest BCUT2D eigenvalue weighted by Gasteiger charge is 2.38. The summed E-state index contributed by atoms with van der Waals surface area (Å²) < 4.78 is 7.98. The average Bonchev–Trinajstić information content (AvgIpc) is 3.42. The van der Waals surface area contributed by atoms with Gasteiger partial charge in [-0.3, -0.25) is 14.4 Å². The first kappa shape index (κ1) is 16.2. The molecule has 0 bridgehead atoms. The van der Waals surface area contributed by atoms with E-state index in [0.29, 0.717) is 6.04 Å². The molecular formula is C21H24N6O. The number of furan rings is 1. The summed E-state index contributed by atoms with van der Waals surface area (Å²) in [6, 6.07) is 12.8. The molecule has 2 aromatic heterocycles. The summed E-state index contributed by atoms with van der Waals surface area (Å²) in [6.45, 7) is 1.57. The second kappa shape index (κ2) is 6.38. The van der Waals surface area contributed by atoms with E-state index in [1.54, 1.807) is 6.26 Å². The van der Waals surface area contributed by atoms with E-state index in [-0.39, 0.29) is 6.17 Å². The van der Waals surface area contributed by atoms with Crippen molar-refractivity contribution in [2.75, 3.05) is 18.2 Å². The number of para-hydroxylation sites is 2. The molecule has 1 saturated carbocycles. The summed E-state index contributed by atoms with van der Waals surface area (Å²) in [6.07, 6.45) is 8.15. The maximum Gasteiger partial charge on any atom is 0.216 e. The molecular weight excluding hydrogens is 352 g/mol. The van der Waals surface area contributed by atoms with Crippen LogP contribution in [0, 0.1) is 0 Å². The molecule has 2 aliphatic heterocycles. The van der Waals surface area contributed by atoms with Gasteiger partial charge >= 0.3 is 0 Å². The van der Waals surface area contributed by atoms with Crippen LogP contribution >= 0.6 is 0 Å². The van der Waals surface area contributed by atoms with Gasteiger partial charge in [0.05, 0.1) is 30.6 Å². The number of hydrogen-bond donors (Lipinski definition) is 1. The van der Waals surface area contributed by atoms with Gasteiger partial charge in [-0.25, -0.2) is 9.98 Å². The fourth-order valence-electron chi connectivity index (χ4n) is 4.80. The zero-order valence-electron chi connectivity index (χ0n) is 15.8. The van der Waals surface area contributed by atoms with E-state index in [4.69, 9.17) is 14.4 Å². The fourth-order valence-corrected chi connectivity index (χ4v) is 4.80. The molecule has 7 nitrogen and oxygen atoms in total. The van der Waals surface area contributed by atoms with Gasteiger partial charge in [0.2, 0.25) is 11.9 Å². The van der Waals surface area contributed by atoms with Gasteiger partial charge in [-0.05, 0) is 37.1 Å². The molecule has 28 heavy (non-hydrogen) atoms. The second-order valence-electron chi connectivity index (χ2n) is 7.91. The van der Waals surface area contributed by atoms with Gasteiger partial charge in [0.25, 0.3) is 0 Å². The third-order valence-electron chi connectivity index (χ3n) is 6.23. The van der Waals surface area contributed by atoms with Crippen LogP contribution in [0.25, 0.3) is 11.0 Å². The van der Waals surface area contributed by atoms with E-state index in [1.807, 2.05) is 18.2 Å². The quantitative estimate of drug-likeness (QED) is 0.742. The van der Waals surface area contributed by atoms with Crippen molar-refractivity contribution < 1.29 is 4.42 Å². The molecule has 6 rings (SSSR count). The summed E-state index contributed by atoms with van der Waals surface area (Å²) in [4.78, 5) is 14.6. The Balaban J connectivity index is 1.44. The summed E-state index contributed by atoms with van der Waals surface area (Å²) >= 11 is 0. The van der Waals surface area contributed by atoms with Crippen LogP contribution in [0.3, 0.4) is 0 Å². The zero-order valence-corrected chi connectivity index (χ0v) is 15.8. The van der Waals surface area contributed by atoms with Crippen molar-refractivity contribution in [1.29, 1.82) is 0 Å². The first-order valence-electron chi connectivity index (χ1n) is 10.2. The normalized spacial score (nSPS) is 23.2. The van der Waals surface area contributed by atoms with Crippen LogP contribution in [-0.2, 0) is 0 Å². The number of imidazole rings is 1. The number of aliphatic imine (C=N–C) groups is 1. The lowest BCUT2D eigenvalue weighted by Gasteiger charge is -2.44. The number of hydrogen-bond acceptors (Lipinski definition) is 6. The van der Waals surface area contributed by atoms with Crippen molar-refractivity contribution >= 4 is 22.9 Å². The maximum absolute atomic E-state index is 5.75. The number of nitrogens with one attached hydrogen (secondary N) is 1. The fraction of sp³-hybridized carbons (Fsp3) is 0.429. The first-order chi connectivity index (χ1) is 13.9. The van der Waals surface area contributed by atoms with Crippen LogP contribution < -0.4 is 10.2 Å². The number of fused-ring (bicyclic) bond motifs is 5. The molecule has 144 valence electrons. The number of anilines is 1. The predicted octanol–water partition coefficient (Wildman–Crippen LogP) is 3.51. The van der Waals surface area contributed by atoms with Crippen LogP contribution in [0.15, 0.2) is 52.1 Å². The van der Waals surface area contributed by atoms with E-state index in [9.17, 15) is 0 Å². The first-order valence-corrected chi connectivity index (χ1v) is 10.2. The second-order valence-corrected chi connectivity index (χ2v) is 7.91. The van der Waals surface area contributed by atoms with Crippen molar-refractivity contribution in [2.24, 2.45) is 4.99 Å². The number of rotatable bonds is 2. The minimum atomic E-state index is -0.145. The Morgan fingerprint density at radius 3 is 2.79 bits per heavy atom. The molecule has 4 heterocycles. The van der Waals surface area contributed by atoms with Crippen LogP contribution in [-0.4, -0.2) is 39.8 Å². The number of benzene rings is 1. The average molecular weight is 376 g/mol. The monoisotopic (exact) mass is 376 g/mol. The molecule has 7 heteroatoms. The summed E-state index contributed by atoms with van der Waals surface area (Å²) in [5.74, 6) is 2.68. The number of aromatic nitrogens is 2. The predicted molar refractivity (Wildman–Crippen MR) is 108 cm³/mol. The lowest BCUT2D eigenvalue weighted by atomic mass is 9.94. The summed E-state index contributed by atoms with van der Waals surface area (Å²) in [5, 5.41) is 3.59. The van der Waals surface area contributed by atoms with E-state index in [0.717, 1.165) is 42.0 Å². The Bertz CT molecular complexity index is 1020. The molecule has 0 radical (unpaired) electrons. The molecule has 1 fully saturated rings. The van der Waals surface area contributed by atoms with Gasteiger partial charge in [-0.1, -0.05) is 31.4 Å². The molecule has 0 saturated heterocycles. The van der Waals surface area contributed by atoms with Crippen LogP contribution in [0.1, 0.15) is 44.0 Å². The Labute approximate surface area is 163 Å². The van der Waals surface area contributed by atoms with Gasteiger partial charge in [0, 0.05) is 6.04 Å². The van der Waals surface area contributed by atoms with E-state index in [1.165, 1.54) is 32.1 Å². The minimum absolute atomic E-state index is 0.145. The largest absolute Gasteiger partial charge is 0.465 e. The molecule has 1 atom stereocenters. The smallest absolute Gasteiger partial charge is 0.216 e. The van der Waals surface area contributed by atoms with Crippen molar-refractivity contribution in [1.82, 2.24) is 19.8 Å². The van der Waals surface area contributed by atoms with Gasteiger partial charge in [0.15, 0.2) is 6.17 Å². The zero-order chi connectivity index (χ0) is 18.5. The van der Waals surface area contributed by atoms with E-state index < -0.39 is 0 Å². The summed E-state index contributed by atoms with van der Waals surface area (Å²) in [5.41, 5.74) is 2.09. The van der Waals surface area contributed by atoms with Crippen molar-refractivity contribution in [3.05, 3.63) is 48.4 Å². The van der Waals surface area contributed by atoms with Gasteiger partial charge in [-0.2, -0.15) is 0 Å². The van der Waals surface area contributed by atoms with Crippen molar-refractivity contribution in [3.63, 3.8) is 0 Å². The lowest BCUT2D eigenvalue weighted by Crippen LogP contribution is -2.59. The Hall–Kier alpha value is -2.80.